The van der Waals surface area contributed by atoms with Crippen LogP contribution in [-0.4, -0.2) is 63.1 Å². The Bertz CT molecular complexity index is 850. The van der Waals surface area contributed by atoms with E-state index in [9.17, 15) is 4.79 Å². The second-order valence-electron chi connectivity index (χ2n) is 8.88. The van der Waals surface area contributed by atoms with Gasteiger partial charge in [0, 0.05) is 25.1 Å². The quantitative estimate of drug-likeness (QED) is 0.740. The first-order chi connectivity index (χ1) is 15.0. The molecule has 0 aromatic heterocycles. The zero-order chi connectivity index (χ0) is 22.1. The summed E-state index contributed by atoms with van der Waals surface area (Å²) in [5.74, 6) is 0.875. The van der Waals surface area contributed by atoms with E-state index in [1.165, 1.54) is 17.5 Å². The van der Waals surface area contributed by atoms with Gasteiger partial charge >= 0.3 is 0 Å². The Morgan fingerprint density at radius 1 is 1.10 bits per heavy atom. The third-order valence-corrected chi connectivity index (χ3v) is 5.67. The third kappa shape index (κ3) is 7.67. The second-order valence-corrected chi connectivity index (χ2v) is 8.88. The molecular weight excluding hydrogens is 386 g/mol. The minimum atomic E-state index is -0.0173. The first kappa shape index (κ1) is 23.3. The number of nitrogens with one attached hydrogen (secondary N) is 1. The van der Waals surface area contributed by atoms with Crippen molar-refractivity contribution < 1.29 is 9.53 Å². The Balaban J connectivity index is 1.78. The summed E-state index contributed by atoms with van der Waals surface area (Å²) in [5.41, 5.74) is 4.35. The molecule has 2 bridgehead atoms. The number of hydrogen-bond donors (Lipinski definition) is 1. The molecule has 5 nitrogen and oxygen atoms in total. The molecule has 0 saturated carbocycles. The molecule has 2 aromatic carbocycles. The van der Waals surface area contributed by atoms with Crippen LogP contribution in [0.3, 0.4) is 0 Å². The van der Waals surface area contributed by atoms with Gasteiger partial charge in [0.25, 0.3) is 5.91 Å². The van der Waals surface area contributed by atoms with Crippen LogP contribution in [0, 0.1) is 0 Å². The van der Waals surface area contributed by atoms with Gasteiger partial charge < -0.3 is 19.9 Å². The third-order valence-electron chi connectivity index (χ3n) is 5.67. The van der Waals surface area contributed by atoms with Crippen molar-refractivity contribution in [3.8, 4) is 5.75 Å². The maximum Gasteiger partial charge on any atom is 0.251 e. The number of ether oxygens (including phenoxy) is 1. The van der Waals surface area contributed by atoms with E-state index in [0.717, 1.165) is 56.6 Å². The van der Waals surface area contributed by atoms with E-state index in [1.807, 2.05) is 32.3 Å². The van der Waals surface area contributed by atoms with Gasteiger partial charge in [0.1, 0.15) is 5.75 Å². The first-order valence-electron chi connectivity index (χ1n) is 11.5. The Kier molecular flexibility index (Phi) is 8.92. The highest BCUT2D eigenvalue weighted by atomic mass is 16.5. The van der Waals surface area contributed by atoms with E-state index < -0.39 is 0 Å². The van der Waals surface area contributed by atoms with E-state index in [0.29, 0.717) is 18.7 Å². The monoisotopic (exact) mass is 423 g/mol. The minimum absolute atomic E-state index is 0.0173. The minimum Gasteiger partial charge on any atom is -0.493 e. The predicted molar refractivity (Wildman–Crippen MR) is 127 cm³/mol. The fourth-order valence-corrected chi connectivity index (χ4v) is 3.99. The fraction of sp³-hybridized carbons (Fsp3) is 0.500. The van der Waals surface area contributed by atoms with Gasteiger partial charge in [0.05, 0.1) is 6.61 Å². The normalized spacial score (nSPS) is 15.6. The highest BCUT2D eigenvalue weighted by Crippen LogP contribution is 2.25. The van der Waals surface area contributed by atoms with E-state index in [1.54, 1.807) is 0 Å². The lowest BCUT2D eigenvalue weighted by Crippen LogP contribution is -2.27. The maximum absolute atomic E-state index is 12.7. The molecule has 0 radical (unpaired) electrons. The molecule has 5 heteroatoms. The number of rotatable bonds is 5. The Morgan fingerprint density at radius 2 is 1.94 bits per heavy atom. The molecule has 0 unspecified atom stereocenters. The number of amides is 1. The molecule has 2 aromatic rings. The van der Waals surface area contributed by atoms with E-state index >= 15 is 0 Å². The Labute approximate surface area is 187 Å². The molecule has 0 saturated heterocycles. The van der Waals surface area contributed by atoms with Gasteiger partial charge in [-0.1, -0.05) is 24.3 Å². The van der Waals surface area contributed by atoms with Crippen molar-refractivity contribution in [3.05, 3.63) is 64.7 Å². The van der Waals surface area contributed by atoms with Crippen molar-refractivity contribution in [1.82, 2.24) is 15.1 Å². The number of fused-ring (bicyclic) bond motifs is 3. The largest absolute Gasteiger partial charge is 0.493 e. The molecule has 1 amide bonds. The summed E-state index contributed by atoms with van der Waals surface area (Å²) in [7, 11) is 6.28. The number of nitrogens with zero attached hydrogens (tertiary/aromatic N) is 2. The van der Waals surface area contributed by atoms with Crippen molar-refractivity contribution in [3.63, 3.8) is 0 Å². The van der Waals surface area contributed by atoms with Crippen LogP contribution in [0.5, 0.6) is 5.75 Å². The van der Waals surface area contributed by atoms with E-state index in [4.69, 9.17) is 4.74 Å². The molecule has 0 aliphatic carbocycles. The summed E-state index contributed by atoms with van der Waals surface area (Å²) in [6, 6.07) is 14.6. The fourth-order valence-electron chi connectivity index (χ4n) is 3.99. The lowest BCUT2D eigenvalue weighted by atomic mass is 9.99. The van der Waals surface area contributed by atoms with Crippen LogP contribution in [0.2, 0.25) is 0 Å². The SMILES string of the molecule is CN(C)CCCNC(=O)c1ccc2c(c1)Cc1cccc(c1)CN(C)CCCCCO2. The lowest BCUT2D eigenvalue weighted by molar-refractivity contribution is 0.0952. The average Bonchev–Trinajstić information content (AvgIpc) is 2.74. The summed E-state index contributed by atoms with van der Waals surface area (Å²) in [6.45, 7) is 4.43. The maximum atomic E-state index is 12.7. The lowest BCUT2D eigenvalue weighted by Gasteiger charge is -2.19. The van der Waals surface area contributed by atoms with Gasteiger partial charge in [-0.15, -0.1) is 0 Å². The van der Waals surface area contributed by atoms with Crippen molar-refractivity contribution in [2.45, 2.75) is 38.6 Å². The van der Waals surface area contributed by atoms with Gasteiger partial charge in [-0.2, -0.15) is 0 Å². The predicted octanol–water partition coefficient (Wildman–Crippen LogP) is 3.95. The molecule has 1 aliphatic rings. The molecule has 3 rings (SSSR count). The molecule has 1 aliphatic heterocycles. The van der Waals surface area contributed by atoms with Crippen molar-refractivity contribution in [1.29, 1.82) is 0 Å². The summed E-state index contributed by atoms with van der Waals surface area (Å²) >= 11 is 0. The molecule has 168 valence electrons. The topological polar surface area (TPSA) is 44.8 Å². The van der Waals surface area contributed by atoms with Crippen LogP contribution in [-0.2, 0) is 13.0 Å². The van der Waals surface area contributed by atoms with Crippen LogP contribution in [0.25, 0.3) is 0 Å². The van der Waals surface area contributed by atoms with Crippen molar-refractivity contribution in [2.24, 2.45) is 0 Å². The number of hydrogen-bond acceptors (Lipinski definition) is 4. The number of benzene rings is 2. The summed E-state index contributed by atoms with van der Waals surface area (Å²) < 4.78 is 6.14. The zero-order valence-electron chi connectivity index (χ0n) is 19.3. The molecule has 1 N–H and O–H groups in total. The second kappa shape index (κ2) is 11.9. The van der Waals surface area contributed by atoms with Gasteiger partial charge in [-0.05, 0) is 94.8 Å². The van der Waals surface area contributed by atoms with Crippen LogP contribution in [0.1, 0.15) is 52.7 Å². The van der Waals surface area contributed by atoms with E-state index in [2.05, 4.69) is 46.4 Å². The molecular formula is C26H37N3O2. The van der Waals surface area contributed by atoms with Gasteiger partial charge in [0.15, 0.2) is 0 Å². The molecule has 0 spiro atoms. The smallest absolute Gasteiger partial charge is 0.251 e. The zero-order valence-corrected chi connectivity index (χ0v) is 19.3. The Morgan fingerprint density at radius 3 is 2.77 bits per heavy atom. The standard InChI is InChI=1S/C26H37N3O2/c1-28(2)14-8-13-27-26(30)23-11-12-25-24(19-23)18-21-9-7-10-22(17-21)20-29(3)15-5-4-6-16-31-25/h7,9-12,17,19H,4-6,8,13-16,18,20H2,1-3H3,(H,27,30). The van der Waals surface area contributed by atoms with Crippen LogP contribution in [0.15, 0.2) is 42.5 Å². The Hall–Kier alpha value is -2.37. The van der Waals surface area contributed by atoms with Crippen LogP contribution < -0.4 is 10.1 Å². The summed E-state index contributed by atoms with van der Waals surface area (Å²) in [4.78, 5) is 17.2. The van der Waals surface area contributed by atoms with Gasteiger partial charge in [-0.3, -0.25) is 4.79 Å². The highest BCUT2D eigenvalue weighted by Gasteiger charge is 2.13. The van der Waals surface area contributed by atoms with Crippen molar-refractivity contribution >= 4 is 5.91 Å². The van der Waals surface area contributed by atoms with E-state index in [-0.39, 0.29) is 5.91 Å². The number of carbonyl (C=O) groups is 1. The van der Waals surface area contributed by atoms with Crippen LogP contribution >= 0.6 is 0 Å². The molecule has 1 heterocycles. The van der Waals surface area contributed by atoms with Gasteiger partial charge in [-0.25, -0.2) is 0 Å². The highest BCUT2D eigenvalue weighted by molar-refractivity contribution is 5.94. The van der Waals surface area contributed by atoms with Gasteiger partial charge in [0.2, 0.25) is 0 Å². The summed E-state index contributed by atoms with van der Waals surface area (Å²) in [5, 5.41) is 3.04. The molecule has 0 fully saturated rings. The number of carbonyl (C=O) groups excluding carboxylic acids is 1. The van der Waals surface area contributed by atoms with Crippen molar-refractivity contribution in [2.75, 3.05) is 47.4 Å². The summed E-state index contributed by atoms with van der Waals surface area (Å²) in [6.07, 6.45) is 5.09. The average molecular weight is 424 g/mol. The molecule has 31 heavy (non-hydrogen) atoms. The molecule has 0 atom stereocenters. The van der Waals surface area contributed by atoms with Crippen LogP contribution in [0.4, 0.5) is 0 Å². The first-order valence-corrected chi connectivity index (χ1v) is 11.5.